The van der Waals surface area contributed by atoms with Crippen molar-refractivity contribution in [2.45, 2.75) is 26.4 Å². The minimum atomic E-state index is -0.769. The van der Waals surface area contributed by atoms with E-state index in [0.717, 1.165) is 0 Å². The minimum absolute atomic E-state index is 0.407. The molecule has 0 saturated heterocycles. The van der Waals surface area contributed by atoms with Gasteiger partial charge < -0.3 is 5.11 Å². The van der Waals surface area contributed by atoms with Gasteiger partial charge in [0.1, 0.15) is 6.10 Å². The lowest BCUT2D eigenvalue weighted by Crippen LogP contribution is -2.05. The monoisotopic (exact) mass is 113 g/mol. The van der Waals surface area contributed by atoms with Gasteiger partial charge in [-0.05, 0) is 12.3 Å². The van der Waals surface area contributed by atoms with Gasteiger partial charge in [-0.3, -0.25) is 0 Å². The minimum Gasteiger partial charge on any atom is -0.378 e. The van der Waals surface area contributed by atoms with Crippen LogP contribution in [0.15, 0.2) is 0 Å². The number of aliphatic hydroxyl groups is 1. The molecule has 0 aliphatic rings. The normalized spacial score (nSPS) is 13.4. The van der Waals surface area contributed by atoms with Gasteiger partial charge in [0, 0.05) is 0 Å². The molecule has 0 rings (SSSR count). The smallest absolute Gasteiger partial charge is 0.140 e. The highest BCUT2D eigenvalue weighted by Crippen LogP contribution is 2.02. The molecule has 0 aliphatic carbocycles. The Hall–Kier alpha value is -0.550. The van der Waals surface area contributed by atoms with E-state index in [1.54, 1.807) is 6.07 Å². The van der Waals surface area contributed by atoms with Crippen molar-refractivity contribution >= 4 is 0 Å². The summed E-state index contributed by atoms with van der Waals surface area (Å²) in [5, 5.41) is 16.8. The van der Waals surface area contributed by atoms with Crippen LogP contribution in [0.3, 0.4) is 0 Å². The Morgan fingerprint density at radius 1 is 1.62 bits per heavy atom. The van der Waals surface area contributed by atoms with Crippen LogP contribution in [0.2, 0.25) is 0 Å². The number of hydrogen-bond acceptors (Lipinski definition) is 2. The topological polar surface area (TPSA) is 44.0 Å². The van der Waals surface area contributed by atoms with Crippen molar-refractivity contribution < 1.29 is 5.11 Å². The SMILES string of the molecule is CC(C)C[C@H](O)C#N. The van der Waals surface area contributed by atoms with E-state index >= 15 is 0 Å². The van der Waals surface area contributed by atoms with E-state index in [4.69, 9.17) is 10.4 Å². The summed E-state index contributed by atoms with van der Waals surface area (Å²) in [7, 11) is 0. The van der Waals surface area contributed by atoms with Crippen LogP contribution in [-0.2, 0) is 0 Å². The first-order chi connectivity index (χ1) is 3.66. The fraction of sp³-hybridized carbons (Fsp3) is 0.833. The lowest BCUT2D eigenvalue weighted by Gasteiger charge is -2.02. The number of rotatable bonds is 2. The molecule has 1 atom stereocenters. The lowest BCUT2D eigenvalue weighted by atomic mass is 10.1. The summed E-state index contributed by atoms with van der Waals surface area (Å²) in [4.78, 5) is 0. The van der Waals surface area contributed by atoms with E-state index in [1.165, 1.54) is 0 Å². The zero-order valence-electron chi connectivity index (χ0n) is 5.26. The summed E-state index contributed by atoms with van der Waals surface area (Å²) >= 11 is 0. The van der Waals surface area contributed by atoms with E-state index in [2.05, 4.69) is 0 Å². The average Bonchev–Trinajstić information content (AvgIpc) is 1.65. The molecule has 0 aliphatic heterocycles. The van der Waals surface area contributed by atoms with E-state index in [9.17, 15) is 0 Å². The van der Waals surface area contributed by atoms with Gasteiger partial charge >= 0.3 is 0 Å². The van der Waals surface area contributed by atoms with Crippen LogP contribution in [0.25, 0.3) is 0 Å². The summed E-state index contributed by atoms with van der Waals surface area (Å²) in [5.74, 6) is 0.407. The molecule has 0 unspecified atom stereocenters. The third kappa shape index (κ3) is 3.63. The van der Waals surface area contributed by atoms with Crippen molar-refractivity contribution in [3.8, 4) is 6.07 Å². The number of nitriles is 1. The fourth-order valence-electron chi connectivity index (χ4n) is 0.499. The molecule has 0 aromatic heterocycles. The molecule has 0 bridgehead atoms. The van der Waals surface area contributed by atoms with Crippen LogP contribution in [-0.4, -0.2) is 11.2 Å². The zero-order chi connectivity index (χ0) is 6.57. The molecule has 46 valence electrons. The van der Waals surface area contributed by atoms with Crippen molar-refractivity contribution in [2.75, 3.05) is 0 Å². The van der Waals surface area contributed by atoms with Crippen molar-refractivity contribution in [1.82, 2.24) is 0 Å². The molecule has 0 heterocycles. The van der Waals surface area contributed by atoms with E-state index in [-0.39, 0.29) is 0 Å². The fourth-order valence-corrected chi connectivity index (χ4v) is 0.499. The zero-order valence-corrected chi connectivity index (χ0v) is 5.26. The lowest BCUT2D eigenvalue weighted by molar-refractivity contribution is 0.201. The maximum Gasteiger partial charge on any atom is 0.140 e. The Morgan fingerprint density at radius 3 is 2.25 bits per heavy atom. The second-order valence-corrected chi connectivity index (χ2v) is 2.27. The summed E-state index contributed by atoms with van der Waals surface area (Å²) < 4.78 is 0. The third-order valence-corrected chi connectivity index (χ3v) is 0.844. The highest BCUT2D eigenvalue weighted by molar-refractivity contribution is 4.82. The Balaban J connectivity index is 3.28. The van der Waals surface area contributed by atoms with Gasteiger partial charge in [-0.2, -0.15) is 5.26 Å². The average molecular weight is 113 g/mol. The van der Waals surface area contributed by atoms with Gasteiger partial charge in [-0.1, -0.05) is 13.8 Å². The number of aliphatic hydroxyl groups excluding tert-OH is 1. The first-order valence-electron chi connectivity index (χ1n) is 2.74. The molecule has 0 aromatic carbocycles. The van der Waals surface area contributed by atoms with Crippen LogP contribution >= 0.6 is 0 Å². The summed E-state index contributed by atoms with van der Waals surface area (Å²) in [6, 6.07) is 1.75. The van der Waals surface area contributed by atoms with Gasteiger partial charge in [-0.15, -0.1) is 0 Å². The van der Waals surface area contributed by atoms with Crippen molar-refractivity contribution in [3.63, 3.8) is 0 Å². The summed E-state index contributed by atoms with van der Waals surface area (Å²) in [6.07, 6.45) is -0.189. The molecule has 0 saturated carbocycles. The van der Waals surface area contributed by atoms with Crippen molar-refractivity contribution in [3.05, 3.63) is 0 Å². The predicted molar refractivity (Wildman–Crippen MR) is 31.1 cm³/mol. The predicted octanol–water partition coefficient (Wildman–Crippen LogP) is 0.917. The van der Waals surface area contributed by atoms with Crippen LogP contribution < -0.4 is 0 Å². The quantitative estimate of drug-likeness (QED) is 0.541. The van der Waals surface area contributed by atoms with Crippen LogP contribution in [0, 0.1) is 17.2 Å². The van der Waals surface area contributed by atoms with E-state index in [1.807, 2.05) is 13.8 Å². The maximum atomic E-state index is 8.67. The molecular formula is C6H11NO. The Bertz CT molecular complexity index is 93.2. The van der Waals surface area contributed by atoms with Gasteiger partial charge in [0.25, 0.3) is 0 Å². The maximum absolute atomic E-state index is 8.67. The Morgan fingerprint density at radius 2 is 2.12 bits per heavy atom. The second kappa shape index (κ2) is 3.45. The van der Waals surface area contributed by atoms with Crippen molar-refractivity contribution in [1.29, 1.82) is 5.26 Å². The largest absolute Gasteiger partial charge is 0.378 e. The summed E-state index contributed by atoms with van der Waals surface area (Å²) in [5.41, 5.74) is 0. The molecule has 2 nitrogen and oxygen atoms in total. The first kappa shape index (κ1) is 7.45. The molecule has 0 aromatic rings. The molecular weight excluding hydrogens is 102 g/mol. The van der Waals surface area contributed by atoms with Crippen LogP contribution in [0.1, 0.15) is 20.3 Å². The van der Waals surface area contributed by atoms with E-state index < -0.39 is 6.10 Å². The number of hydrogen-bond donors (Lipinski definition) is 1. The van der Waals surface area contributed by atoms with Gasteiger partial charge in [0.05, 0.1) is 6.07 Å². The molecule has 8 heavy (non-hydrogen) atoms. The third-order valence-electron chi connectivity index (χ3n) is 0.844. The van der Waals surface area contributed by atoms with Gasteiger partial charge in [-0.25, -0.2) is 0 Å². The van der Waals surface area contributed by atoms with Gasteiger partial charge in [0.15, 0.2) is 0 Å². The Labute approximate surface area is 49.8 Å². The second-order valence-electron chi connectivity index (χ2n) is 2.27. The molecule has 0 radical (unpaired) electrons. The van der Waals surface area contributed by atoms with E-state index in [0.29, 0.717) is 12.3 Å². The molecule has 1 N–H and O–H groups in total. The molecule has 0 fully saturated rings. The summed E-state index contributed by atoms with van der Waals surface area (Å²) in [6.45, 7) is 3.95. The number of nitrogens with zero attached hydrogens (tertiary/aromatic N) is 1. The van der Waals surface area contributed by atoms with Gasteiger partial charge in [0.2, 0.25) is 0 Å². The highest BCUT2D eigenvalue weighted by Gasteiger charge is 2.02. The molecule has 0 amide bonds. The Kier molecular flexibility index (Phi) is 3.21. The molecule has 0 spiro atoms. The van der Waals surface area contributed by atoms with Crippen LogP contribution in [0.4, 0.5) is 0 Å². The first-order valence-corrected chi connectivity index (χ1v) is 2.74. The molecule has 2 heteroatoms. The standard InChI is InChI=1S/C6H11NO/c1-5(2)3-6(8)4-7/h5-6,8H,3H2,1-2H3/t6-/m0/s1. The van der Waals surface area contributed by atoms with Crippen molar-refractivity contribution in [2.24, 2.45) is 5.92 Å². The highest BCUT2D eigenvalue weighted by atomic mass is 16.3. The van der Waals surface area contributed by atoms with Crippen LogP contribution in [0.5, 0.6) is 0 Å².